The molecule has 2 nitrogen and oxygen atoms in total. The molecule has 1 fully saturated rings. The predicted molar refractivity (Wildman–Crippen MR) is 74.8 cm³/mol. The summed E-state index contributed by atoms with van der Waals surface area (Å²) in [5.41, 5.74) is -0.167. The van der Waals surface area contributed by atoms with Crippen LogP contribution in [0.25, 0.3) is 0 Å². The molecule has 1 aliphatic heterocycles. The maximum atomic E-state index is 6.13. The summed E-state index contributed by atoms with van der Waals surface area (Å²) in [7, 11) is 0. The fraction of sp³-hybridized carbons (Fsp3) is 0.538. The minimum Gasteiger partial charge on any atom is -0.486 e. The number of nitrogens with one attached hydrogen (secondary N) is 1. The van der Waals surface area contributed by atoms with Gasteiger partial charge < -0.3 is 10.1 Å². The Morgan fingerprint density at radius 1 is 1.47 bits per heavy atom. The van der Waals surface area contributed by atoms with Gasteiger partial charge in [-0.05, 0) is 60.9 Å². The van der Waals surface area contributed by atoms with Crippen molar-refractivity contribution in [1.82, 2.24) is 5.32 Å². The van der Waals surface area contributed by atoms with Crippen molar-refractivity contribution < 1.29 is 4.74 Å². The molecular formula is C13H17BrClNO. The lowest BCUT2D eigenvalue weighted by atomic mass is 9.90. The maximum absolute atomic E-state index is 6.13. The van der Waals surface area contributed by atoms with E-state index in [9.17, 15) is 0 Å². The van der Waals surface area contributed by atoms with Crippen LogP contribution in [0.3, 0.4) is 0 Å². The second kappa shape index (κ2) is 5.17. The zero-order valence-electron chi connectivity index (χ0n) is 10.1. The van der Waals surface area contributed by atoms with Crippen molar-refractivity contribution in [3.05, 3.63) is 27.7 Å². The second-order valence-corrected chi connectivity index (χ2v) is 6.26. The average molecular weight is 319 g/mol. The van der Waals surface area contributed by atoms with E-state index in [4.69, 9.17) is 16.3 Å². The summed E-state index contributed by atoms with van der Waals surface area (Å²) in [6, 6.07) is 5.63. The van der Waals surface area contributed by atoms with Crippen molar-refractivity contribution in [3.63, 3.8) is 0 Å². The molecule has 17 heavy (non-hydrogen) atoms. The number of hydrogen-bond donors (Lipinski definition) is 1. The maximum Gasteiger partial charge on any atom is 0.134 e. The van der Waals surface area contributed by atoms with Crippen molar-refractivity contribution in [2.75, 3.05) is 13.1 Å². The van der Waals surface area contributed by atoms with E-state index in [1.165, 1.54) is 0 Å². The highest BCUT2D eigenvalue weighted by atomic mass is 79.9. The standard InChI is InChI=1S/C13H17BrClNO/c1-13(2,9-5-6-16-8-9)17-12-4-3-10(15)7-11(12)14/h3-4,7,9,16H,5-6,8H2,1-2H3. The first-order chi connectivity index (χ1) is 7.99. The lowest BCUT2D eigenvalue weighted by Gasteiger charge is -2.32. The van der Waals surface area contributed by atoms with Crippen LogP contribution in [0.1, 0.15) is 20.3 Å². The van der Waals surface area contributed by atoms with Gasteiger partial charge in [0.2, 0.25) is 0 Å². The lowest BCUT2D eigenvalue weighted by Crippen LogP contribution is -2.38. The second-order valence-electron chi connectivity index (χ2n) is 4.97. The molecule has 0 saturated carbocycles. The Kier molecular flexibility index (Phi) is 4.01. The molecule has 0 bridgehead atoms. The molecule has 0 spiro atoms. The highest BCUT2D eigenvalue weighted by molar-refractivity contribution is 9.10. The van der Waals surface area contributed by atoms with Gasteiger partial charge in [0.1, 0.15) is 11.4 Å². The Hall–Kier alpha value is -0.250. The van der Waals surface area contributed by atoms with Crippen molar-refractivity contribution in [2.45, 2.75) is 25.9 Å². The van der Waals surface area contributed by atoms with Crippen LogP contribution >= 0.6 is 27.5 Å². The summed E-state index contributed by atoms with van der Waals surface area (Å²) in [5, 5.41) is 4.09. The molecule has 1 aromatic carbocycles. The molecule has 1 N–H and O–H groups in total. The first-order valence-electron chi connectivity index (χ1n) is 5.84. The molecule has 0 aliphatic carbocycles. The molecule has 0 radical (unpaired) electrons. The topological polar surface area (TPSA) is 21.3 Å². The van der Waals surface area contributed by atoms with E-state index >= 15 is 0 Å². The molecule has 1 saturated heterocycles. The van der Waals surface area contributed by atoms with Crippen LogP contribution in [0.5, 0.6) is 5.75 Å². The van der Waals surface area contributed by atoms with Gasteiger partial charge >= 0.3 is 0 Å². The van der Waals surface area contributed by atoms with E-state index in [-0.39, 0.29) is 5.60 Å². The predicted octanol–water partition coefficient (Wildman–Crippen LogP) is 3.87. The summed E-state index contributed by atoms with van der Waals surface area (Å²) >= 11 is 9.40. The minimum atomic E-state index is -0.167. The monoisotopic (exact) mass is 317 g/mol. The van der Waals surface area contributed by atoms with Gasteiger partial charge in [0.25, 0.3) is 0 Å². The van der Waals surface area contributed by atoms with Crippen molar-refractivity contribution in [2.24, 2.45) is 5.92 Å². The van der Waals surface area contributed by atoms with Crippen LogP contribution < -0.4 is 10.1 Å². The molecule has 2 rings (SSSR count). The largest absolute Gasteiger partial charge is 0.486 e. The molecular weight excluding hydrogens is 302 g/mol. The normalized spacial score (nSPS) is 20.6. The van der Waals surface area contributed by atoms with E-state index in [0.29, 0.717) is 10.9 Å². The Morgan fingerprint density at radius 3 is 2.82 bits per heavy atom. The lowest BCUT2D eigenvalue weighted by molar-refractivity contribution is 0.0516. The molecule has 0 aromatic heterocycles. The summed E-state index contributed by atoms with van der Waals surface area (Å²) < 4.78 is 7.03. The van der Waals surface area contributed by atoms with Gasteiger partial charge in [-0.2, -0.15) is 0 Å². The van der Waals surface area contributed by atoms with Crippen molar-refractivity contribution in [1.29, 1.82) is 0 Å². The van der Waals surface area contributed by atoms with E-state index in [2.05, 4.69) is 35.1 Å². The third kappa shape index (κ3) is 3.15. The Bertz CT molecular complexity index is 402. The van der Waals surface area contributed by atoms with Gasteiger partial charge in [0.05, 0.1) is 4.47 Å². The SMILES string of the molecule is CC(C)(Oc1ccc(Cl)cc1Br)C1CCNC1. The van der Waals surface area contributed by atoms with Gasteiger partial charge in [-0.1, -0.05) is 11.6 Å². The fourth-order valence-electron chi connectivity index (χ4n) is 2.17. The average Bonchev–Trinajstić information content (AvgIpc) is 2.76. The number of benzene rings is 1. The van der Waals surface area contributed by atoms with E-state index in [1.807, 2.05) is 18.2 Å². The molecule has 1 aromatic rings. The van der Waals surface area contributed by atoms with Crippen LogP contribution in [-0.4, -0.2) is 18.7 Å². The van der Waals surface area contributed by atoms with Gasteiger partial charge in [-0.15, -0.1) is 0 Å². The number of ether oxygens (including phenoxy) is 1. The van der Waals surface area contributed by atoms with Gasteiger partial charge in [0.15, 0.2) is 0 Å². The zero-order valence-corrected chi connectivity index (χ0v) is 12.4. The third-order valence-corrected chi connectivity index (χ3v) is 4.17. The summed E-state index contributed by atoms with van der Waals surface area (Å²) in [4.78, 5) is 0. The molecule has 1 unspecified atom stereocenters. The molecule has 4 heteroatoms. The first kappa shape index (κ1) is 13.2. The number of rotatable bonds is 3. The van der Waals surface area contributed by atoms with Crippen LogP contribution in [-0.2, 0) is 0 Å². The van der Waals surface area contributed by atoms with Gasteiger partial charge in [-0.3, -0.25) is 0 Å². The van der Waals surface area contributed by atoms with Gasteiger partial charge in [0, 0.05) is 17.5 Å². The summed E-state index contributed by atoms with van der Waals surface area (Å²) in [5.74, 6) is 1.40. The molecule has 1 heterocycles. The zero-order chi connectivity index (χ0) is 12.5. The highest BCUT2D eigenvalue weighted by Gasteiger charge is 2.34. The fourth-order valence-corrected chi connectivity index (χ4v) is 2.94. The molecule has 1 aliphatic rings. The van der Waals surface area contributed by atoms with E-state index < -0.39 is 0 Å². The smallest absolute Gasteiger partial charge is 0.134 e. The Morgan fingerprint density at radius 2 is 2.24 bits per heavy atom. The van der Waals surface area contributed by atoms with E-state index in [0.717, 1.165) is 29.7 Å². The van der Waals surface area contributed by atoms with E-state index in [1.54, 1.807) is 0 Å². The molecule has 0 amide bonds. The summed E-state index contributed by atoms with van der Waals surface area (Å²) in [6.07, 6.45) is 1.16. The van der Waals surface area contributed by atoms with Crippen molar-refractivity contribution in [3.8, 4) is 5.75 Å². The van der Waals surface area contributed by atoms with Crippen LogP contribution in [0.2, 0.25) is 5.02 Å². The molecule has 94 valence electrons. The number of halogens is 2. The summed E-state index contributed by atoms with van der Waals surface area (Å²) in [6.45, 7) is 6.40. The van der Waals surface area contributed by atoms with Gasteiger partial charge in [-0.25, -0.2) is 0 Å². The van der Waals surface area contributed by atoms with Crippen LogP contribution in [0.15, 0.2) is 22.7 Å². The number of hydrogen-bond acceptors (Lipinski definition) is 2. The van der Waals surface area contributed by atoms with Crippen molar-refractivity contribution >= 4 is 27.5 Å². The first-order valence-corrected chi connectivity index (χ1v) is 7.01. The third-order valence-electron chi connectivity index (χ3n) is 3.31. The Labute approximate surface area is 116 Å². The highest BCUT2D eigenvalue weighted by Crippen LogP contribution is 2.34. The minimum absolute atomic E-state index is 0.167. The molecule has 1 atom stereocenters. The van der Waals surface area contributed by atoms with Crippen LogP contribution in [0, 0.1) is 5.92 Å². The van der Waals surface area contributed by atoms with Crippen LogP contribution in [0.4, 0.5) is 0 Å². The Balaban J connectivity index is 2.13. The quantitative estimate of drug-likeness (QED) is 0.913.